The van der Waals surface area contributed by atoms with Gasteiger partial charge in [-0.25, -0.2) is 0 Å². The van der Waals surface area contributed by atoms with Crippen molar-refractivity contribution >= 4 is 16.9 Å². The van der Waals surface area contributed by atoms with Crippen LogP contribution in [-0.4, -0.2) is 41.9 Å². The minimum absolute atomic E-state index is 0.154. The molecule has 0 unspecified atom stereocenters. The van der Waals surface area contributed by atoms with Gasteiger partial charge in [-0.05, 0) is 36.2 Å². The number of amides is 1. The lowest BCUT2D eigenvalue weighted by Gasteiger charge is -2.34. The summed E-state index contributed by atoms with van der Waals surface area (Å²) >= 11 is 0. The van der Waals surface area contributed by atoms with Crippen molar-refractivity contribution in [2.45, 2.75) is 19.9 Å². The lowest BCUT2D eigenvalue weighted by Crippen LogP contribution is -2.48. The van der Waals surface area contributed by atoms with E-state index in [1.807, 2.05) is 54.3 Å². The molecular formula is C23H23N3O2. The van der Waals surface area contributed by atoms with Gasteiger partial charge >= 0.3 is 0 Å². The quantitative estimate of drug-likeness (QED) is 0.702. The fourth-order valence-electron chi connectivity index (χ4n) is 3.70. The zero-order chi connectivity index (χ0) is 19.5. The van der Waals surface area contributed by atoms with Gasteiger partial charge in [0.2, 0.25) is 5.91 Å². The predicted octanol–water partition coefficient (Wildman–Crippen LogP) is 3.50. The topological polar surface area (TPSA) is 60.5 Å². The first-order valence-corrected chi connectivity index (χ1v) is 9.58. The molecule has 0 saturated carbocycles. The second-order valence-corrected chi connectivity index (χ2v) is 7.40. The molecule has 0 bridgehead atoms. The number of hydrogen-bond acceptors (Lipinski definition) is 4. The van der Waals surface area contributed by atoms with Gasteiger partial charge in [-0.3, -0.25) is 9.69 Å². The van der Waals surface area contributed by atoms with E-state index in [-0.39, 0.29) is 5.91 Å². The van der Waals surface area contributed by atoms with E-state index in [2.05, 4.69) is 11.0 Å². The van der Waals surface area contributed by atoms with Gasteiger partial charge in [0.05, 0.1) is 24.3 Å². The molecule has 2 heterocycles. The molecule has 0 N–H and O–H groups in total. The normalized spacial score (nSPS) is 14.9. The average molecular weight is 373 g/mol. The van der Waals surface area contributed by atoms with Crippen LogP contribution in [-0.2, 0) is 17.8 Å². The van der Waals surface area contributed by atoms with Gasteiger partial charge in [0.25, 0.3) is 0 Å². The molecule has 4 rings (SSSR count). The van der Waals surface area contributed by atoms with Crippen molar-refractivity contribution in [1.29, 1.82) is 5.26 Å². The van der Waals surface area contributed by atoms with Crippen molar-refractivity contribution < 1.29 is 9.21 Å². The highest BCUT2D eigenvalue weighted by Crippen LogP contribution is 2.23. The van der Waals surface area contributed by atoms with Crippen LogP contribution in [0.25, 0.3) is 11.0 Å². The van der Waals surface area contributed by atoms with E-state index < -0.39 is 0 Å². The minimum atomic E-state index is 0.154. The van der Waals surface area contributed by atoms with E-state index in [1.165, 1.54) is 5.56 Å². The summed E-state index contributed by atoms with van der Waals surface area (Å²) in [6, 6.07) is 15.9. The molecule has 0 aliphatic carbocycles. The number of furan rings is 1. The first kappa shape index (κ1) is 18.3. The Morgan fingerprint density at radius 3 is 2.57 bits per heavy atom. The molecule has 5 nitrogen and oxygen atoms in total. The summed E-state index contributed by atoms with van der Waals surface area (Å²) < 4.78 is 5.62. The van der Waals surface area contributed by atoms with Gasteiger partial charge < -0.3 is 9.32 Å². The Bertz CT molecular complexity index is 1020. The highest BCUT2D eigenvalue weighted by atomic mass is 16.3. The number of carbonyl (C=O) groups excluding carboxylic acids is 1. The van der Waals surface area contributed by atoms with Crippen LogP contribution in [0.5, 0.6) is 0 Å². The summed E-state index contributed by atoms with van der Waals surface area (Å²) in [7, 11) is 0. The first-order valence-electron chi connectivity index (χ1n) is 9.58. The number of nitrogens with zero attached hydrogens (tertiary/aromatic N) is 3. The summed E-state index contributed by atoms with van der Waals surface area (Å²) in [5.41, 5.74) is 4.83. The molecule has 2 aromatic carbocycles. The molecule has 5 heteroatoms. The molecule has 0 spiro atoms. The van der Waals surface area contributed by atoms with E-state index in [4.69, 9.17) is 9.68 Å². The van der Waals surface area contributed by atoms with Crippen molar-refractivity contribution in [1.82, 2.24) is 9.80 Å². The van der Waals surface area contributed by atoms with Crippen molar-refractivity contribution in [2.24, 2.45) is 0 Å². The zero-order valence-corrected chi connectivity index (χ0v) is 16.0. The maximum atomic E-state index is 12.7. The fraction of sp³-hybridized carbons (Fsp3) is 0.304. The van der Waals surface area contributed by atoms with Crippen LogP contribution in [0.15, 0.2) is 53.1 Å². The number of hydrogen-bond donors (Lipinski definition) is 0. The second kappa shape index (κ2) is 7.87. The number of carbonyl (C=O) groups is 1. The van der Waals surface area contributed by atoms with Crippen LogP contribution in [0, 0.1) is 18.3 Å². The monoisotopic (exact) mass is 373 g/mol. The van der Waals surface area contributed by atoms with E-state index in [0.29, 0.717) is 12.0 Å². The molecule has 0 atom stereocenters. The third-order valence-electron chi connectivity index (χ3n) is 5.37. The van der Waals surface area contributed by atoms with E-state index in [1.54, 1.807) is 6.26 Å². The third kappa shape index (κ3) is 3.92. The average Bonchev–Trinajstić information content (AvgIpc) is 3.10. The Labute approximate surface area is 164 Å². The summed E-state index contributed by atoms with van der Waals surface area (Å²) in [6.45, 7) is 6.08. The molecule has 1 aromatic heterocycles. The van der Waals surface area contributed by atoms with Crippen LogP contribution in [0.3, 0.4) is 0 Å². The standard InChI is InChI=1S/C23H23N3O2/c1-17-2-7-21-20(16-28-22(21)12-17)13-23(27)26-10-8-25(9-11-26)15-19-5-3-18(14-24)4-6-19/h2-7,12,16H,8-11,13,15H2,1H3. The fourth-order valence-corrected chi connectivity index (χ4v) is 3.70. The SMILES string of the molecule is Cc1ccc2c(CC(=O)N3CCN(Cc4ccc(C#N)cc4)CC3)coc2c1. The van der Waals surface area contributed by atoms with Crippen molar-refractivity contribution in [3.63, 3.8) is 0 Å². The van der Waals surface area contributed by atoms with Gasteiger partial charge in [-0.2, -0.15) is 5.26 Å². The van der Waals surface area contributed by atoms with Crippen molar-refractivity contribution in [2.75, 3.05) is 26.2 Å². The Morgan fingerprint density at radius 1 is 1.11 bits per heavy atom. The van der Waals surface area contributed by atoms with Crippen LogP contribution in [0.2, 0.25) is 0 Å². The summed E-state index contributed by atoms with van der Waals surface area (Å²) in [6.07, 6.45) is 2.09. The molecule has 3 aromatic rings. The molecule has 1 aliphatic rings. The number of benzene rings is 2. The molecule has 142 valence electrons. The minimum Gasteiger partial charge on any atom is -0.464 e. The van der Waals surface area contributed by atoms with Gasteiger partial charge in [0.15, 0.2) is 0 Å². The zero-order valence-electron chi connectivity index (χ0n) is 16.0. The molecule has 1 aliphatic heterocycles. The molecule has 1 fully saturated rings. The Balaban J connectivity index is 1.32. The highest BCUT2D eigenvalue weighted by Gasteiger charge is 2.22. The van der Waals surface area contributed by atoms with Crippen LogP contribution in [0.1, 0.15) is 22.3 Å². The Morgan fingerprint density at radius 2 is 1.86 bits per heavy atom. The predicted molar refractivity (Wildman–Crippen MR) is 108 cm³/mol. The van der Waals surface area contributed by atoms with Crippen LogP contribution >= 0.6 is 0 Å². The first-order chi connectivity index (χ1) is 13.6. The lowest BCUT2D eigenvalue weighted by molar-refractivity contribution is -0.132. The highest BCUT2D eigenvalue weighted by molar-refractivity contribution is 5.88. The van der Waals surface area contributed by atoms with Gasteiger partial charge in [0.1, 0.15) is 5.58 Å². The second-order valence-electron chi connectivity index (χ2n) is 7.40. The number of aryl methyl sites for hydroxylation is 1. The van der Waals surface area contributed by atoms with Crippen molar-refractivity contribution in [3.05, 3.63) is 71.0 Å². The Hall–Kier alpha value is -3.10. The summed E-state index contributed by atoms with van der Waals surface area (Å²) in [5, 5.41) is 9.92. The van der Waals surface area contributed by atoms with Crippen LogP contribution < -0.4 is 0 Å². The van der Waals surface area contributed by atoms with Gasteiger partial charge in [-0.1, -0.05) is 24.3 Å². The van der Waals surface area contributed by atoms with Crippen LogP contribution in [0.4, 0.5) is 0 Å². The molecule has 1 saturated heterocycles. The van der Waals surface area contributed by atoms with E-state index in [0.717, 1.165) is 54.8 Å². The van der Waals surface area contributed by atoms with E-state index in [9.17, 15) is 4.79 Å². The molecule has 0 radical (unpaired) electrons. The number of rotatable bonds is 4. The maximum Gasteiger partial charge on any atom is 0.227 e. The molecule has 1 amide bonds. The van der Waals surface area contributed by atoms with Crippen molar-refractivity contribution in [3.8, 4) is 6.07 Å². The summed E-state index contributed by atoms with van der Waals surface area (Å²) in [4.78, 5) is 17.0. The van der Waals surface area contributed by atoms with Gasteiger partial charge in [0, 0.05) is 43.7 Å². The molecule has 28 heavy (non-hydrogen) atoms. The third-order valence-corrected chi connectivity index (χ3v) is 5.37. The summed E-state index contributed by atoms with van der Waals surface area (Å²) in [5.74, 6) is 0.154. The number of fused-ring (bicyclic) bond motifs is 1. The molecular weight excluding hydrogens is 350 g/mol. The number of piperazine rings is 1. The smallest absolute Gasteiger partial charge is 0.227 e. The van der Waals surface area contributed by atoms with Gasteiger partial charge in [-0.15, -0.1) is 0 Å². The largest absolute Gasteiger partial charge is 0.464 e. The number of nitriles is 1. The maximum absolute atomic E-state index is 12.7. The van der Waals surface area contributed by atoms with E-state index >= 15 is 0 Å². The lowest BCUT2D eigenvalue weighted by atomic mass is 10.1. The Kier molecular flexibility index (Phi) is 5.14.